The van der Waals surface area contributed by atoms with E-state index in [-0.39, 0.29) is 5.91 Å². The van der Waals surface area contributed by atoms with Crippen LogP contribution in [0.4, 0.5) is 11.5 Å². The van der Waals surface area contributed by atoms with Crippen LogP contribution in [0.3, 0.4) is 0 Å². The van der Waals surface area contributed by atoms with Crippen molar-refractivity contribution in [2.24, 2.45) is 0 Å². The third-order valence-corrected chi connectivity index (χ3v) is 6.67. The van der Waals surface area contributed by atoms with Gasteiger partial charge < -0.3 is 15.0 Å². The second kappa shape index (κ2) is 9.28. The van der Waals surface area contributed by atoms with E-state index in [2.05, 4.69) is 38.3 Å². The number of ether oxygens (including phenoxy) is 1. The fourth-order valence-corrected chi connectivity index (χ4v) is 4.89. The minimum Gasteiger partial charge on any atom is -0.478 e. The van der Waals surface area contributed by atoms with Gasteiger partial charge in [-0.05, 0) is 54.6 Å². The number of aromatic nitrogens is 1. The van der Waals surface area contributed by atoms with Crippen molar-refractivity contribution in [2.45, 2.75) is 38.5 Å². The average Bonchev–Trinajstić information content (AvgIpc) is 3.19. The van der Waals surface area contributed by atoms with E-state index in [4.69, 9.17) is 4.74 Å². The van der Waals surface area contributed by atoms with E-state index in [1.165, 1.54) is 16.8 Å². The van der Waals surface area contributed by atoms with E-state index in [1.54, 1.807) is 0 Å². The van der Waals surface area contributed by atoms with E-state index in [0.717, 1.165) is 57.5 Å². The molecule has 1 aliphatic carbocycles. The SMILES string of the molecule is O=C1Cc2cccc(N3CCN(CCCCOc4ccc5c(n4)NC(=O)CC5)CC3)c2C1. The highest BCUT2D eigenvalue weighted by Gasteiger charge is 2.25. The molecule has 0 unspecified atom stereocenters. The van der Waals surface area contributed by atoms with Crippen LogP contribution in [-0.4, -0.2) is 60.9 Å². The number of carbonyl (C=O) groups is 2. The van der Waals surface area contributed by atoms with Gasteiger partial charge in [-0.1, -0.05) is 12.1 Å². The summed E-state index contributed by atoms with van der Waals surface area (Å²) in [4.78, 5) is 32.8. The van der Waals surface area contributed by atoms with Crippen molar-refractivity contribution in [3.63, 3.8) is 0 Å². The molecule has 5 rings (SSSR count). The fourth-order valence-electron chi connectivity index (χ4n) is 4.89. The number of pyridine rings is 1. The molecule has 1 amide bonds. The summed E-state index contributed by atoms with van der Waals surface area (Å²) in [6.07, 6.45) is 4.51. The Labute approximate surface area is 188 Å². The number of unbranched alkanes of at least 4 members (excludes halogenated alkanes) is 1. The molecule has 0 bridgehead atoms. The maximum Gasteiger partial charge on any atom is 0.225 e. The lowest BCUT2D eigenvalue weighted by atomic mass is 10.1. The number of carbonyl (C=O) groups excluding carboxylic acids is 2. The molecule has 2 aliphatic heterocycles. The van der Waals surface area contributed by atoms with Gasteiger partial charge in [0.2, 0.25) is 11.8 Å². The number of rotatable bonds is 7. The number of nitrogens with one attached hydrogen (secondary N) is 1. The standard InChI is InChI=1S/C25H30N4O3/c30-20-16-19-4-3-5-22(21(19)17-20)29-13-11-28(12-14-29)10-1-2-15-32-24-9-7-18-6-8-23(31)26-25(18)27-24/h3-5,7,9H,1-2,6,8,10-17H2,(H,26,27,31). The maximum atomic E-state index is 11.9. The van der Waals surface area contributed by atoms with Gasteiger partial charge in [0.1, 0.15) is 11.6 Å². The van der Waals surface area contributed by atoms with Crippen LogP contribution in [0.15, 0.2) is 30.3 Å². The number of piperazine rings is 1. The van der Waals surface area contributed by atoms with E-state index >= 15 is 0 Å². The molecule has 0 radical (unpaired) electrons. The summed E-state index contributed by atoms with van der Waals surface area (Å²) in [6.45, 7) is 5.80. The molecule has 2 aromatic rings. The van der Waals surface area contributed by atoms with Crippen LogP contribution in [0.25, 0.3) is 0 Å². The largest absolute Gasteiger partial charge is 0.478 e. The molecule has 0 spiro atoms. The van der Waals surface area contributed by atoms with Crippen molar-refractivity contribution in [2.75, 3.05) is 49.5 Å². The van der Waals surface area contributed by atoms with Gasteiger partial charge in [0, 0.05) is 57.2 Å². The Kier molecular flexibility index (Phi) is 6.08. The second-order valence-electron chi connectivity index (χ2n) is 8.90. The topological polar surface area (TPSA) is 74.8 Å². The van der Waals surface area contributed by atoms with Crippen molar-refractivity contribution in [1.82, 2.24) is 9.88 Å². The fraction of sp³-hybridized carbons (Fsp3) is 0.480. The molecule has 1 aromatic carbocycles. The Balaban J connectivity index is 1.03. The number of fused-ring (bicyclic) bond motifs is 2. The predicted octanol–water partition coefficient (Wildman–Crippen LogP) is 2.62. The molecule has 0 atom stereocenters. The van der Waals surface area contributed by atoms with Crippen molar-refractivity contribution in [3.05, 3.63) is 47.0 Å². The first kappa shape index (κ1) is 20.9. The third kappa shape index (κ3) is 4.63. The van der Waals surface area contributed by atoms with Crippen LogP contribution in [0, 0.1) is 0 Å². The van der Waals surface area contributed by atoms with Crippen molar-refractivity contribution in [3.8, 4) is 5.88 Å². The summed E-state index contributed by atoms with van der Waals surface area (Å²) in [5.41, 5.74) is 4.79. The second-order valence-corrected chi connectivity index (χ2v) is 8.90. The summed E-state index contributed by atoms with van der Waals surface area (Å²) in [7, 11) is 0. The summed E-state index contributed by atoms with van der Waals surface area (Å²) in [6, 6.07) is 10.2. The highest BCUT2D eigenvalue weighted by molar-refractivity contribution is 5.92. The molecule has 0 saturated carbocycles. The number of nitrogens with zero attached hydrogens (tertiary/aromatic N) is 3. The molecular weight excluding hydrogens is 404 g/mol. The molecule has 1 saturated heterocycles. The molecule has 7 nitrogen and oxygen atoms in total. The van der Waals surface area contributed by atoms with Gasteiger partial charge in [-0.25, -0.2) is 0 Å². The molecule has 32 heavy (non-hydrogen) atoms. The number of aryl methyl sites for hydroxylation is 1. The maximum absolute atomic E-state index is 11.9. The van der Waals surface area contributed by atoms with Crippen LogP contribution in [0.2, 0.25) is 0 Å². The van der Waals surface area contributed by atoms with E-state index in [1.807, 2.05) is 12.1 Å². The predicted molar refractivity (Wildman–Crippen MR) is 123 cm³/mol. The molecule has 1 N–H and O–H groups in total. The Morgan fingerprint density at radius 2 is 1.81 bits per heavy atom. The van der Waals surface area contributed by atoms with Crippen molar-refractivity contribution in [1.29, 1.82) is 0 Å². The average molecular weight is 435 g/mol. The zero-order valence-electron chi connectivity index (χ0n) is 18.4. The lowest BCUT2D eigenvalue weighted by Crippen LogP contribution is -2.47. The number of amides is 1. The smallest absolute Gasteiger partial charge is 0.225 e. The Bertz CT molecular complexity index is 1010. The number of hydrogen-bond acceptors (Lipinski definition) is 6. The quantitative estimate of drug-likeness (QED) is 0.676. The van der Waals surface area contributed by atoms with Gasteiger partial charge in [0.25, 0.3) is 0 Å². The molecule has 1 fully saturated rings. The summed E-state index contributed by atoms with van der Waals surface area (Å²) in [5, 5.41) is 2.82. The zero-order chi connectivity index (χ0) is 21.9. The van der Waals surface area contributed by atoms with E-state index in [9.17, 15) is 9.59 Å². The van der Waals surface area contributed by atoms with Crippen LogP contribution >= 0.6 is 0 Å². The number of Topliss-reactive ketones (excluding diaryl/α,β-unsaturated/α-hetero) is 1. The van der Waals surface area contributed by atoms with Gasteiger partial charge >= 0.3 is 0 Å². The highest BCUT2D eigenvalue weighted by Crippen LogP contribution is 2.30. The molecule has 1 aromatic heterocycles. The van der Waals surface area contributed by atoms with Gasteiger partial charge in [-0.2, -0.15) is 4.98 Å². The minimum absolute atomic E-state index is 0.0207. The number of ketones is 1. The van der Waals surface area contributed by atoms with Crippen molar-refractivity contribution >= 4 is 23.2 Å². The highest BCUT2D eigenvalue weighted by atomic mass is 16.5. The zero-order valence-corrected chi connectivity index (χ0v) is 18.4. The monoisotopic (exact) mass is 434 g/mol. The molecule has 7 heteroatoms. The van der Waals surface area contributed by atoms with Gasteiger partial charge in [-0.3, -0.25) is 14.5 Å². The van der Waals surface area contributed by atoms with E-state index < -0.39 is 0 Å². The number of hydrogen-bond donors (Lipinski definition) is 1. The van der Waals surface area contributed by atoms with E-state index in [0.29, 0.717) is 43.4 Å². The molecule has 3 heterocycles. The van der Waals surface area contributed by atoms with Crippen LogP contribution in [0.5, 0.6) is 5.88 Å². The minimum atomic E-state index is 0.0207. The molecular formula is C25H30N4O3. The third-order valence-electron chi connectivity index (χ3n) is 6.67. The molecule has 3 aliphatic rings. The number of anilines is 2. The summed E-state index contributed by atoms with van der Waals surface area (Å²) >= 11 is 0. The first-order chi connectivity index (χ1) is 15.7. The van der Waals surface area contributed by atoms with Crippen LogP contribution in [0.1, 0.15) is 36.0 Å². The van der Waals surface area contributed by atoms with Crippen LogP contribution in [-0.2, 0) is 28.9 Å². The molecule has 168 valence electrons. The lowest BCUT2D eigenvalue weighted by molar-refractivity contribution is -0.117. The lowest BCUT2D eigenvalue weighted by Gasteiger charge is -2.37. The van der Waals surface area contributed by atoms with Gasteiger partial charge in [0.15, 0.2) is 0 Å². The van der Waals surface area contributed by atoms with Gasteiger partial charge in [-0.15, -0.1) is 0 Å². The Morgan fingerprint density at radius 1 is 0.938 bits per heavy atom. The van der Waals surface area contributed by atoms with Gasteiger partial charge in [0.05, 0.1) is 6.61 Å². The normalized spacial score (nSPS) is 18.3. The summed E-state index contributed by atoms with van der Waals surface area (Å²) in [5.74, 6) is 1.58. The first-order valence-corrected chi connectivity index (χ1v) is 11.7. The Morgan fingerprint density at radius 3 is 2.69 bits per heavy atom. The Hall–Kier alpha value is -2.93. The van der Waals surface area contributed by atoms with Crippen LogP contribution < -0.4 is 15.0 Å². The number of benzene rings is 1. The first-order valence-electron chi connectivity index (χ1n) is 11.7. The summed E-state index contributed by atoms with van der Waals surface area (Å²) < 4.78 is 5.81. The van der Waals surface area contributed by atoms with Crippen molar-refractivity contribution < 1.29 is 14.3 Å².